The number of hydrogen-bond donors (Lipinski definition) is 2. The van der Waals surface area contributed by atoms with Gasteiger partial charge in [-0.05, 0) is 12.1 Å². The van der Waals surface area contributed by atoms with Crippen LogP contribution in [-0.4, -0.2) is 21.0 Å². The SMILES string of the molecule is O=C(O)c1ccc2[nH]cc(F)c2n1. The van der Waals surface area contributed by atoms with Crippen molar-refractivity contribution in [3.63, 3.8) is 0 Å². The molecule has 2 rings (SSSR count). The van der Waals surface area contributed by atoms with E-state index in [-0.39, 0.29) is 11.2 Å². The third-order valence-corrected chi connectivity index (χ3v) is 1.69. The van der Waals surface area contributed by atoms with E-state index in [0.29, 0.717) is 5.52 Å². The van der Waals surface area contributed by atoms with Crippen LogP contribution in [0, 0.1) is 5.82 Å². The van der Waals surface area contributed by atoms with Gasteiger partial charge in [-0.25, -0.2) is 14.2 Å². The predicted octanol–water partition coefficient (Wildman–Crippen LogP) is 1.40. The van der Waals surface area contributed by atoms with E-state index in [1.807, 2.05) is 0 Å². The minimum Gasteiger partial charge on any atom is -0.477 e. The Hall–Kier alpha value is -1.91. The first kappa shape index (κ1) is 7.72. The Morgan fingerprint density at radius 2 is 2.31 bits per heavy atom. The number of aromatic carboxylic acids is 1. The predicted molar refractivity (Wildman–Crippen MR) is 43.0 cm³/mol. The lowest BCUT2D eigenvalue weighted by atomic mass is 10.3. The van der Waals surface area contributed by atoms with Crippen molar-refractivity contribution in [2.75, 3.05) is 0 Å². The zero-order valence-corrected chi connectivity index (χ0v) is 6.41. The van der Waals surface area contributed by atoms with Crippen LogP contribution in [0.25, 0.3) is 11.0 Å². The summed E-state index contributed by atoms with van der Waals surface area (Å²) in [4.78, 5) is 16.7. The topological polar surface area (TPSA) is 66.0 Å². The number of pyridine rings is 1. The van der Waals surface area contributed by atoms with E-state index in [9.17, 15) is 9.18 Å². The second-order valence-electron chi connectivity index (χ2n) is 2.53. The van der Waals surface area contributed by atoms with Crippen LogP contribution in [0.4, 0.5) is 4.39 Å². The number of hydrogen-bond acceptors (Lipinski definition) is 2. The van der Waals surface area contributed by atoms with Gasteiger partial charge in [-0.2, -0.15) is 0 Å². The molecule has 0 aliphatic heterocycles. The summed E-state index contributed by atoms with van der Waals surface area (Å²) in [6.45, 7) is 0. The first-order valence-electron chi connectivity index (χ1n) is 3.55. The van der Waals surface area contributed by atoms with Crippen LogP contribution in [0.5, 0.6) is 0 Å². The first-order chi connectivity index (χ1) is 6.18. The van der Waals surface area contributed by atoms with E-state index in [1.54, 1.807) is 0 Å². The maximum Gasteiger partial charge on any atom is 0.354 e. The van der Waals surface area contributed by atoms with Crippen LogP contribution >= 0.6 is 0 Å². The molecule has 2 aromatic heterocycles. The number of nitrogens with zero attached hydrogens (tertiary/aromatic N) is 1. The molecule has 0 unspecified atom stereocenters. The molecule has 2 aromatic rings. The fourth-order valence-electron chi connectivity index (χ4n) is 1.09. The van der Waals surface area contributed by atoms with Gasteiger partial charge in [-0.1, -0.05) is 0 Å². The number of rotatable bonds is 1. The van der Waals surface area contributed by atoms with Gasteiger partial charge in [-0.15, -0.1) is 0 Å². The molecule has 0 saturated heterocycles. The zero-order valence-electron chi connectivity index (χ0n) is 6.41. The normalized spacial score (nSPS) is 10.5. The van der Waals surface area contributed by atoms with Gasteiger partial charge in [0.05, 0.1) is 5.52 Å². The Balaban J connectivity index is 2.72. The average Bonchev–Trinajstić information content (AvgIpc) is 2.47. The Bertz CT molecular complexity index is 478. The summed E-state index contributed by atoms with van der Waals surface area (Å²) < 4.78 is 12.9. The molecule has 0 aromatic carbocycles. The number of H-pyrrole nitrogens is 1. The number of nitrogens with one attached hydrogen (secondary N) is 1. The van der Waals surface area contributed by atoms with Crippen molar-refractivity contribution in [2.45, 2.75) is 0 Å². The van der Waals surface area contributed by atoms with Crippen LogP contribution in [0.3, 0.4) is 0 Å². The van der Waals surface area contributed by atoms with E-state index < -0.39 is 11.8 Å². The minimum absolute atomic E-state index is 0.0555. The molecular formula is C8H5FN2O2. The molecule has 13 heavy (non-hydrogen) atoms. The minimum atomic E-state index is -1.16. The molecule has 0 spiro atoms. The van der Waals surface area contributed by atoms with Gasteiger partial charge in [0, 0.05) is 6.20 Å². The zero-order chi connectivity index (χ0) is 9.42. The molecule has 0 aliphatic rings. The van der Waals surface area contributed by atoms with E-state index in [2.05, 4.69) is 9.97 Å². The molecular weight excluding hydrogens is 175 g/mol. The molecule has 0 saturated carbocycles. The average molecular weight is 180 g/mol. The highest BCUT2D eigenvalue weighted by molar-refractivity contribution is 5.88. The van der Waals surface area contributed by atoms with Crippen molar-refractivity contribution >= 4 is 17.0 Å². The second kappa shape index (κ2) is 2.55. The van der Waals surface area contributed by atoms with E-state index in [1.165, 1.54) is 12.1 Å². The number of aromatic amines is 1. The molecule has 66 valence electrons. The standard InChI is InChI=1S/C8H5FN2O2/c9-4-3-10-5-1-2-6(8(12)13)11-7(4)5/h1-3,10H,(H,12,13). The van der Waals surface area contributed by atoms with Gasteiger partial charge in [0.1, 0.15) is 11.2 Å². The molecule has 4 nitrogen and oxygen atoms in total. The van der Waals surface area contributed by atoms with Crippen molar-refractivity contribution in [1.29, 1.82) is 0 Å². The molecule has 5 heteroatoms. The van der Waals surface area contributed by atoms with Gasteiger partial charge >= 0.3 is 5.97 Å². The molecule has 0 atom stereocenters. The maximum atomic E-state index is 12.9. The maximum absolute atomic E-state index is 12.9. The summed E-state index contributed by atoms with van der Waals surface area (Å²) in [5, 5.41) is 8.58. The number of fused-ring (bicyclic) bond motifs is 1. The van der Waals surface area contributed by atoms with Gasteiger partial charge in [0.2, 0.25) is 0 Å². The monoisotopic (exact) mass is 180 g/mol. The third-order valence-electron chi connectivity index (χ3n) is 1.69. The van der Waals surface area contributed by atoms with Crippen LogP contribution in [0.1, 0.15) is 10.5 Å². The molecule has 0 bridgehead atoms. The number of aromatic nitrogens is 2. The van der Waals surface area contributed by atoms with Crippen molar-refractivity contribution in [3.05, 3.63) is 29.8 Å². The van der Waals surface area contributed by atoms with Gasteiger partial charge in [0.25, 0.3) is 0 Å². The van der Waals surface area contributed by atoms with Crippen molar-refractivity contribution in [2.24, 2.45) is 0 Å². The number of carboxylic acid groups (broad SMARTS) is 1. The van der Waals surface area contributed by atoms with Crippen molar-refractivity contribution in [1.82, 2.24) is 9.97 Å². The third kappa shape index (κ3) is 1.14. The van der Waals surface area contributed by atoms with Crippen LogP contribution in [-0.2, 0) is 0 Å². The summed E-state index contributed by atoms with van der Waals surface area (Å²) in [6.07, 6.45) is 1.14. The van der Waals surface area contributed by atoms with Crippen molar-refractivity contribution < 1.29 is 14.3 Å². The Kier molecular flexibility index (Phi) is 1.51. The fourth-order valence-corrected chi connectivity index (χ4v) is 1.09. The number of halogens is 1. The van der Waals surface area contributed by atoms with E-state index >= 15 is 0 Å². The van der Waals surface area contributed by atoms with Crippen LogP contribution < -0.4 is 0 Å². The van der Waals surface area contributed by atoms with Crippen LogP contribution in [0.2, 0.25) is 0 Å². The Morgan fingerprint density at radius 3 is 3.00 bits per heavy atom. The lowest BCUT2D eigenvalue weighted by Crippen LogP contribution is -1.99. The van der Waals surface area contributed by atoms with E-state index in [0.717, 1.165) is 6.20 Å². The van der Waals surface area contributed by atoms with Gasteiger partial charge < -0.3 is 10.1 Å². The summed E-state index contributed by atoms with van der Waals surface area (Å²) >= 11 is 0. The molecule has 2 N–H and O–H groups in total. The van der Waals surface area contributed by atoms with Crippen molar-refractivity contribution in [3.8, 4) is 0 Å². The van der Waals surface area contributed by atoms with Gasteiger partial charge in [0.15, 0.2) is 5.82 Å². The highest BCUT2D eigenvalue weighted by Gasteiger charge is 2.09. The number of carbonyl (C=O) groups is 1. The quantitative estimate of drug-likeness (QED) is 0.697. The molecule has 0 amide bonds. The summed E-state index contributed by atoms with van der Waals surface area (Å²) in [5.74, 6) is -1.71. The molecule has 0 fully saturated rings. The summed E-state index contributed by atoms with van der Waals surface area (Å²) in [6, 6.07) is 2.80. The summed E-state index contributed by atoms with van der Waals surface area (Å²) in [7, 11) is 0. The Morgan fingerprint density at radius 1 is 1.54 bits per heavy atom. The van der Waals surface area contributed by atoms with Crippen LogP contribution in [0.15, 0.2) is 18.3 Å². The summed E-state index contributed by atoms with van der Waals surface area (Å²) in [5.41, 5.74) is 0.383. The highest BCUT2D eigenvalue weighted by atomic mass is 19.1. The smallest absolute Gasteiger partial charge is 0.354 e. The Labute approximate surface area is 72.0 Å². The van der Waals surface area contributed by atoms with Gasteiger partial charge in [-0.3, -0.25) is 0 Å². The molecule has 0 aliphatic carbocycles. The fraction of sp³-hybridized carbons (Fsp3) is 0. The molecule has 2 heterocycles. The largest absolute Gasteiger partial charge is 0.477 e. The first-order valence-corrected chi connectivity index (χ1v) is 3.55. The number of carboxylic acids is 1. The highest BCUT2D eigenvalue weighted by Crippen LogP contribution is 2.14. The lowest BCUT2D eigenvalue weighted by molar-refractivity contribution is 0.0691. The molecule has 0 radical (unpaired) electrons. The lowest BCUT2D eigenvalue weighted by Gasteiger charge is -1.92. The van der Waals surface area contributed by atoms with E-state index in [4.69, 9.17) is 5.11 Å². The second-order valence-corrected chi connectivity index (χ2v) is 2.53.